The van der Waals surface area contributed by atoms with Crippen molar-refractivity contribution < 1.29 is 127 Å². The van der Waals surface area contributed by atoms with E-state index in [0.717, 1.165) is 25.7 Å². The second-order valence-electron chi connectivity index (χ2n) is 35.2. The number of alkyl carbamates (subject to hydrolysis) is 1. The lowest BCUT2D eigenvalue weighted by Gasteiger charge is -2.40. The smallest absolute Gasteiger partial charge is 0.407 e. The number of nitrogens with zero attached hydrogens (tertiary/aromatic N) is 1. The molecule has 3 aliphatic heterocycles. The highest BCUT2D eigenvalue weighted by Crippen LogP contribution is 2.30. The minimum atomic E-state index is -1.27. The number of hydrogen-bond donors (Lipinski definition) is 14. The zero-order chi connectivity index (χ0) is 91.8. The molecule has 0 bridgehead atoms. The van der Waals surface area contributed by atoms with Gasteiger partial charge in [0.1, 0.15) is 55.4 Å². The van der Waals surface area contributed by atoms with E-state index in [1.807, 2.05) is 0 Å². The first-order chi connectivity index (χ1) is 61.2. The summed E-state index contributed by atoms with van der Waals surface area (Å²) in [4.78, 5) is 82.5. The molecule has 0 radical (unpaired) electrons. The minimum Gasteiger partial charge on any atom is -0.447 e. The first kappa shape index (κ1) is 116. The van der Waals surface area contributed by atoms with Crippen LogP contribution in [0.2, 0.25) is 0 Å². The third kappa shape index (κ3) is 55.4. The zero-order valence-corrected chi connectivity index (χ0v) is 78.4. The molecule has 0 spiro atoms. The van der Waals surface area contributed by atoms with Crippen molar-refractivity contribution in [2.45, 2.75) is 416 Å². The lowest BCUT2D eigenvalue weighted by molar-refractivity contribution is -0.282. The molecule has 17 unspecified atom stereocenters. The molecule has 32 heteroatoms. The Balaban J connectivity index is 1.55. The van der Waals surface area contributed by atoms with Crippen LogP contribution in [-0.4, -0.2) is 304 Å². The van der Waals surface area contributed by atoms with Gasteiger partial charge in [0, 0.05) is 116 Å². The number of aliphatic hydroxyl groups excluding tert-OH is 9. The van der Waals surface area contributed by atoms with Gasteiger partial charge in [-0.2, -0.15) is 0 Å². The van der Waals surface area contributed by atoms with Crippen LogP contribution in [0.3, 0.4) is 0 Å². The molecule has 3 aliphatic rings. The van der Waals surface area contributed by atoms with Gasteiger partial charge in [0.05, 0.1) is 71.2 Å². The van der Waals surface area contributed by atoms with Crippen molar-refractivity contribution in [2.75, 3.05) is 132 Å². The van der Waals surface area contributed by atoms with Gasteiger partial charge in [-0.25, -0.2) is 4.79 Å². The Morgan fingerprint density at radius 2 is 0.698 bits per heavy atom. The van der Waals surface area contributed by atoms with Crippen molar-refractivity contribution >= 4 is 35.6 Å². The lowest BCUT2D eigenvalue weighted by atomic mass is 9.92. The van der Waals surface area contributed by atoms with Gasteiger partial charge < -0.3 is 130 Å². The van der Waals surface area contributed by atoms with E-state index in [-0.39, 0.29) is 142 Å². The van der Waals surface area contributed by atoms with Crippen LogP contribution < -0.4 is 26.6 Å². The van der Waals surface area contributed by atoms with Crippen LogP contribution in [0.15, 0.2) is 0 Å². The van der Waals surface area contributed by atoms with Crippen LogP contribution in [0.4, 0.5) is 4.79 Å². The number of hydrogen-bond acceptors (Lipinski definition) is 26. The maximum Gasteiger partial charge on any atom is 0.407 e. The highest BCUT2D eigenvalue weighted by molar-refractivity contribution is 5.88. The molecule has 14 N–H and O–H groups in total. The summed E-state index contributed by atoms with van der Waals surface area (Å²) < 4.78 is 63.9. The summed E-state index contributed by atoms with van der Waals surface area (Å²) in [5.41, 5.74) is 0. The largest absolute Gasteiger partial charge is 0.447 e. The standard InChI is InChI=1S/C94H178N6O26/c1-6-8-10-12-14-16-18-20-22-24-26-28-30-32-34-41-58-118-70-75(119-59-42-35-33-31-29-27-25-23-21-19-17-15-13-11-9-7-2)71-123-94(115)98-55-64-117-66-65-116-63-51-83(107)99-76(47-36-40-52-95-80(104)48-37-43-60-120-91-72(3)84(108)87(111)77(67-101)124-91)90(114)100(57-54-97-82(106)50-39-45-62-122-93-74(5)86(110)89(113)79(69-103)126-93)56-46-53-96-81(105)49-38-44-61-121-92-73(4)85(109)88(112)78(68-102)125-92/h72-79,84-89,91-93,101-103,108-113H,6-71H2,1-5H3,(H,95,104)(H,96,105)(H,97,106)(H,98,115)(H,99,107). The molecule has 0 aromatic heterocycles. The predicted octanol–water partition coefficient (Wildman–Crippen LogP) is 10.1. The Morgan fingerprint density at radius 1 is 0.333 bits per heavy atom. The first-order valence-electron chi connectivity index (χ1n) is 49.6. The van der Waals surface area contributed by atoms with E-state index in [1.54, 1.807) is 20.8 Å². The van der Waals surface area contributed by atoms with E-state index in [1.165, 1.54) is 185 Å². The van der Waals surface area contributed by atoms with Gasteiger partial charge in [-0.3, -0.25) is 24.0 Å². The minimum absolute atomic E-state index is 0.0104. The Kier molecular flexibility index (Phi) is 71.2. The third-order valence-electron chi connectivity index (χ3n) is 24.2. The molecule has 6 amide bonds. The number of carbonyl (C=O) groups excluding carboxylic acids is 6. The summed E-state index contributed by atoms with van der Waals surface area (Å²) in [5, 5.41) is 105. The van der Waals surface area contributed by atoms with E-state index in [0.29, 0.717) is 77.6 Å². The zero-order valence-electron chi connectivity index (χ0n) is 78.4. The predicted molar refractivity (Wildman–Crippen MR) is 481 cm³/mol. The molecule has 3 rings (SSSR count). The highest BCUT2D eigenvalue weighted by Gasteiger charge is 2.45. The van der Waals surface area contributed by atoms with Gasteiger partial charge in [0.15, 0.2) is 18.9 Å². The first-order valence-corrected chi connectivity index (χ1v) is 49.6. The number of rotatable bonds is 83. The number of aliphatic hydroxyl groups is 9. The number of amides is 6. The van der Waals surface area contributed by atoms with Crippen LogP contribution in [0.25, 0.3) is 0 Å². The fourth-order valence-electron chi connectivity index (χ4n) is 15.8. The molecule has 3 saturated heterocycles. The van der Waals surface area contributed by atoms with Crippen molar-refractivity contribution in [3.63, 3.8) is 0 Å². The Bertz CT molecular complexity index is 2650. The number of carbonyl (C=O) groups is 6. The van der Waals surface area contributed by atoms with Gasteiger partial charge in [0.2, 0.25) is 29.5 Å². The number of ether oxygens (including phenoxy) is 11. The second kappa shape index (κ2) is 77.3. The molecule has 0 aliphatic carbocycles. The quantitative estimate of drug-likeness (QED) is 0.0252. The average molecular weight is 1810 g/mol. The highest BCUT2D eigenvalue weighted by atomic mass is 16.7. The average Bonchev–Trinajstić information content (AvgIpc) is 0.829. The van der Waals surface area contributed by atoms with E-state index >= 15 is 0 Å². The summed E-state index contributed by atoms with van der Waals surface area (Å²) >= 11 is 0. The molecular weight excluding hydrogens is 1630 g/mol. The van der Waals surface area contributed by atoms with Crippen molar-refractivity contribution in [3.05, 3.63) is 0 Å². The fraction of sp³-hybridized carbons (Fsp3) is 0.936. The molecular formula is C94H178N6O26. The van der Waals surface area contributed by atoms with Crippen LogP contribution in [0, 0.1) is 17.8 Å². The lowest BCUT2D eigenvalue weighted by Crippen LogP contribution is -2.55. The SMILES string of the molecule is CCCCCCCCCCCCCCCCCCOCC(COC(=O)NCCOCCOCCC(=O)NC(CCCCNC(=O)CCCCOC1OC(CO)C(O)C(O)C1C)C(=O)N(CCCNC(=O)CCCCOC1OC(CO)C(O)C(O)C1C)CCNC(=O)CCCCOC1OC(CO)C(O)C(O)C1C)OCCCCCCCCCCCCCCCCCC. The summed E-state index contributed by atoms with van der Waals surface area (Å²) in [6, 6.07) is -1.05. The molecule has 0 aromatic carbocycles. The molecule has 0 aromatic rings. The Labute approximate surface area is 756 Å². The van der Waals surface area contributed by atoms with Gasteiger partial charge in [-0.15, -0.1) is 0 Å². The van der Waals surface area contributed by atoms with Crippen LogP contribution in [-0.2, 0) is 76.1 Å². The molecule has 3 heterocycles. The summed E-state index contributed by atoms with van der Waals surface area (Å²) in [6.07, 6.45) is 32.0. The Hall–Kier alpha value is -4.14. The topological polar surface area (TPSA) is 449 Å². The monoisotopic (exact) mass is 1810 g/mol. The maximum absolute atomic E-state index is 14.8. The third-order valence-corrected chi connectivity index (χ3v) is 24.2. The van der Waals surface area contributed by atoms with Gasteiger partial charge in [-0.05, 0) is 77.0 Å². The van der Waals surface area contributed by atoms with E-state index in [4.69, 9.17) is 52.1 Å². The summed E-state index contributed by atoms with van der Waals surface area (Å²) in [7, 11) is 0. The molecule has 0 saturated carbocycles. The van der Waals surface area contributed by atoms with Gasteiger partial charge in [0.25, 0.3) is 0 Å². The van der Waals surface area contributed by atoms with Crippen LogP contribution >= 0.6 is 0 Å². The second-order valence-corrected chi connectivity index (χ2v) is 35.2. The fourth-order valence-corrected chi connectivity index (χ4v) is 15.8. The number of nitrogens with one attached hydrogen (secondary N) is 5. The summed E-state index contributed by atoms with van der Waals surface area (Å²) in [5.74, 6) is -3.35. The number of unbranched alkanes of at least 4 members (excludes halogenated alkanes) is 34. The van der Waals surface area contributed by atoms with Crippen LogP contribution in [0.5, 0.6) is 0 Å². The van der Waals surface area contributed by atoms with E-state index < -0.39 is 141 Å². The van der Waals surface area contributed by atoms with E-state index in [2.05, 4.69) is 40.4 Å². The van der Waals surface area contributed by atoms with Gasteiger partial charge >= 0.3 is 6.09 Å². The molecule has 740 valence electrons. The van der Waals surface area contributed by atoms with Crippen LogP contribution in [0.1, 0.15) is 330 Å². The molecule has 126 heavy (non-hydrogen) atoms. The van der Waals surface area contributed by atoms with Crippen molar-refractivity contribution in [1.82, 2.24) is 31.5 Å². The summed E-state index contributed by atoms with van der Waals surface area (Å²) in [6.45, 7) is 11.5. The van der Waals surface area contributed by atoms with Crippen molar-refractivity contribution in [2.24, 2.45) is 17.8 Å². The molecule has 3 fully saturated rings. The van der Waals surface area contributed by atoms with E-state index in [9.17, 15) is 74.7 Å². The van der Waals surface area contributed by atoms with Crippen molar-refractivity contribution in [3.8, 4) is 0 Å². The molecule has 32 nitrogen and oxygen atoms in total. The Morgan fingerprint density at radius 3 is 1.10 bits per heavy atom. The normalized spacial score (nSPS) is 23.0. The maximum atomic E-state index is 14.8. The van der Waals surface area contributed by atoms with Gasteiger partial charge in [-0.1, -0.05) is 227 Å². The van der Waals surface area contributed by atoms with Crippen molar-refractivity contribution in [1.29, 1.82) is 0 Å². The molecule has 17 atom stereocenters.